The van der Waals surface area contributed by atoms with E-state index in [-0.39, 0.29) is 18.0 Å². The van der Waals surface area contributed by atoms with E-state index in [2.05, 4.69) is 9.88 Å². The number of hydrogen-bond donors (Lipinski definition) is 0. The molecule has 2 aromatic heterocycles. The Hall–Kier alpha value is -3.36. The van der Waals surface area contributed by atoms with Gasteiger partial charge in [-0.15, -0.1) is 11.3 Å². The molecule has 174 valence electrons. The first kappa shape index (κ1) is 22.4. The molecule has 4 aromatic rings. The number of benzene rings is 2. The summed E-state index contributed by atoms with van der Waals surface area (Å²) in [6.07, 6.45) is 1.47. The first-order valence-corrected chi connectivity index (χ1v) is 12.1. The lowest BCUT2D eigenvalue weighted by atomic mass is 10.2. The van der Waals surface area contributed by atoms with Gasteiger partial charge in [0.25, 0.3) is 5.56 Å². The Labute approximate surface area is 205 Å². The Bertz CT molecular complexity index is 1390. The highest BCUT2D eigenvalue weighted by Crippen LogP contribution is 2.31. The van der Waals surface area contributed by atoms with E-state index in [9.17, 15) is 9.59 Å². The minimum Gasteiger partial charge on any atom is -0.497 e. The van der Waals surface area contributed by atoms with Crippen LogP contribution in [0.2, 0.25) is 5.02 Å². The van der Waals surface area contributed by atoms with Crippen LogP contribution in [0.3, 0.4) is 0 Å². The van der Waals surface area contributed by atoms with Gasteiger partial charge < -0.3 is 14.5 Å². The monoisotopic (exact) mass is 494 g/mol. The fourth-order valence-electron chi connectivity index (χ4n) is 4.09. The third-order valence-corrected chi connectivity index (χ3v) is 7.39. The summed E-state index contributed by atoms with van der Waals surface area (Å²) in [7, 11) is 1.63. The molecule has 34 heavy (non-hydrogen) atoms. The van der Waals surface area contributed by atoms with E-state index < -0.39 is 0 Å². The number of aromatic nitrogens is 2. The lowest BCUT2D eigenvalue weighted by molar-refractivity contribution is -0.132. The molecule has 7 nitrogen and oxygen atoms in total. The molecule has 0 radical (unpaired) electrons. The lowest BCUT2D eigenvalue weighted by Crippen LogP contribution is -2.50. The second-order valence-corrected chi connectivity index (χ2v) is 9.57. The molecule has 1 aliphatic rings. The van der Waals surface area contributed by atoms with Gasteiger partial charge in [0.2, 0.25) is 5.91 Å². The SMILES string of the molecule is COc1ccc(-c2cc3ncn(CC(=O)N4CCN(c5cccc(Cl)c5)CC4)c(=O)c3s2)cc1. The second kappa shape index (κ2) is 9.48. The number of carbonyl (C=O) groups excluding carboxylic acids is 1. The molecule has 0 saturated carbocycles. The van der Waals surface area contributed by atoms with Crippen molar-refractivity contribution in [3.8, 4) is 16.2 Å². The molecule has 0 spiro atoms. The van der Waals surface area contributed by atoms with Crippen LogP contribution < -0.4 is 15.2 Å². The van der Waals surface area contributed by atoms with E-state index >= 15 is 0 Å². The fraction of sp³-hybridized carbons (Fsp3) is 0.240. The topological polar surface area (TPSA) is 67.7 Å². The highest BCUT2D eigenvalue weighted by atomic mass is 35.5. The number of methoxy groups -OCH3 is 1. The van der Waals surface area contributed by atoms with E-state index in [1.165, 1.54) is 22.2 Å². The lowest BCUT2D eigenvalue weighted by Gasteiger charge is -2.36. The maximum atomic E-state index is 13.1. The summed E-state index contributed by atoms with van der Waals surface area (Å²) >= 11 is 7.49. The van der Waals surface area contributed by atoms with Crippen LogP contribution in [0, 0.1) is 0 Å². The highest BCUT2D eigenvalue weighted by molar-refractivity contribution is 7.22. The van der Waals surface area contributed by atoms with Gasteiger partial charge in [-0.3, -0.25) is 14.2 Å². The molecule has 5 rings (SSSR count). The van der Waals surface area contributed by atoms with Crippen molar-refractivity contribution in [1.29, 1.82) is 0 Å². The Morgan fingerprint density at radius 3 is 2.56 bits per heavy atom. The molecule has 1 saturated heterocycles. The smallest absolute Gasteiger partial charge is 0.271 e. The van der Waals surface area contributed by atoms with Gasteiger partial charge in [-0.1, -0.05) is 17.7 Å². The van der Waals surface area contributed by atoms with Gasteiger partial charge >= 0.3 is 0 Å². The Balaban J connectivity index is 1.28. The van der Waals surface area contributed by atoms with Crippen LogP contribution in [0.4, 0.5) is 5.69 Å². The zero-order valence-corrected chi connectivity index (χ0v) is 20.2. The molecule has 1 amide bonds. The average Bonchev–Trinajstić information content (AvgIpc) is 3.31. The standard InChI is InChI=1S/C25H23ClN4O3S/c1-33-20-7-5-17(6-8-20)22-14-21-24(34-22)25(32)30(16-27-21)15-23(31)29-11-9-28(10-12-29)19-4-2-3-18(26)13-19/h2-8,13-14,16H,9-12,15H2,1H3. The molecular weight excluding hydrogens is 472 g/mol. The van der Waals surface area contributed by atoms with Gasteiger partial charge in [-0.25, -0.2) is 4.98 Å². The second-order valence-electron chi connectivity index (χ2n) is 8.08. The molecule has 0 unspecified atom stereocenters. The molecular formula is C25H23ClN4O3S. The molecule has 3 heterocycles. The number of amides is 1. The first-order valence-electron chi connectivity index (χ1n) is 10.9. The Kier molecular flexibility index (Phi) is 6.26. The maximum Gasteiger partial charge on any atom is 0.271 e. The first-order chi connectivity index (χ1) is 16.5. The number of nitrogens with zero attached hydrogens (tertiary/aromatic N) is 4. The largest absolute Gasteiger partial charge is 0.497 e. The quantitative estimate of drug-likeness (QED) is 0.417. The predicted molar refractivity (Wildman–Crippen MR) is 136 cm³/mol. The molecule has 0 N–H and O–H groups in total. The zero-order valence-electron chi connectivity index (χ0n) is 18.6. The van der Waals surface area contributed by atoms with Gasteiger partial charge in [0, 0.05) is 41.8 Å². The number of piperazine rings is 1. The van der Waals surface area contributed by atoms with Gasteiger partial charge in [0.15, 0.2) is 0 Å². The zero-order chi connectivity index (χ0) is 23.7. The van der Waals surface area contributed by atoms with Gasteiger partial charge in [-0.2, -0.15) is 0 Å². The summed E-state index contributed by atoms with van der Waals surface area (Å²) in [5.74, 6) is 0.693. The third-order valence-electron chi connectivity index (χ3n) is 5.99. The van der Waals surface area contributed by atoms with Crippen molar-refractivity contribution in [2.45, 2.75) is 6.54 Å². The molecule has 1 aliphatic heterocycles. The van der Waals surface area contributed by atoms with E-state index in [1.807, 2.05) is 54.6 Å². The van der Waals surface area contributed by atoms with E-state index in [0.717, 1.165) is 21.9 Å². The number of carbonyl (C=O) groups is 1. The van der Waals surface area contributed by atoms with Crippen LogP contribution in [-0.2, 0) is 11.3 Å². The van der Waals surface area contributed by atoms with Crippen LogP contribution >= 0.6 is 22.9 Å². The highest BCUT2D eigenvalue weighted by Gasteiger charge is 2.22. The van der Waals surface area contributed by atoms with E-state index in [1.54, 1.807) is 12.0 Å². The molecule has 9 heteroatoms. The van der Waals surface area contributed by atoms with E-state index in [0.29, 0.717) is 41.4 Å². The Morgan fingerprint density at radius 2 is 1.85 bits per heavy atom. The number of thiophene rings is 1. The van der Waals surface area contributed by atoms with Crippen molar-refractivity contribution in [2.75, 3.05) is 38.2 Å². The van der Waals surface area contributed by atoms with Crippen molar-refractivity contribution in [3.63, 3.8) is 0 Å². The summed E-state index contributed by atoms with van der Waals surface area (Å²) in [4.78, 5) is 35.4. The summed E-state index contributed by atoms with van der Waals surface area (Å²) < 4.78 is 7.17. The summed E-state index contributed by atoms with van der Waals surface area (Å²) in [6, 6.07) is 17.3. The maximum absolute atomic E-state index is 13.1. The van der Waals surface area contributed by atoms with Crippen molar-refractivity contribution in [1.82, 2.24) is 14.5 Å². The molecule has 0 bridgehead atoms. The third kappa shape index (κ3) is 4.51. The van der Waals surface area contributed by atoms with Gasteiger partial charge in [-0.05, 0) is 54.1 Å². The number of rotatable bonds is 5. The van der Waals surface area contributed by atoms with E-state index in [4.69, 9.17) is 16.3 Å². The Morgan fingerprint density at radius 1 is 1.09 bits per heavy atom. The van der Waals surface area contributed by atoms with Crippen LogP contribution in [-0.4, -0.2) is 53.6 Å². The van der Waals surface area contributed by atoms with Crippen LogP contribution in [0.1, 0.15) is 0 Å². The van der Waals surface area contributed by atoms with Gasteiger partial charge in [0.05, 0.1) is 19.0 Å². The molecule has 0 aliphatic carbocycles. The number of ether oxygens (including phenoxy) is 1. The average molecular weight is 495 g/mol. The van der Waals surface area contributed by atoms with Crippen LogP contribution in [0.25, 0.3) is 20.7 Å². The number of halogens is 1. The van der Waals surface area contributed by atoms with Crippen molar-refractivity contribution in [3.05, 3.63) is 76.3 Å². The number of hydrogen-bond acceptors (Lipinski definition) is 6. The minimum absolute atomic E-state index is 0.0191. The number of fused-ring (bicyclic) bond motifs is 1. The number of anilines is 1. The van der Waals surface area contributed by atoms with Crippen LogP contribution in [0.15, 0.2) is 65.7 Å². The minimum atomic E-state index is -0.194. The summed E-state index contributed by atoms with van der Waals surface area (Å²) in [6.45, 7) is 2.60. The van der Waals surface area contributed by atoms with Crippen molar-refractivity contribution >= 4 is 44.7 Å². The van der Waals surface area contributed by atoms with Crippen molar-refractivity contribution < 1.29 is 9.53 Å². The molecule has 1 fully saturated rings. The summed E-state index contributed by atoms with van der Waals surface area (Å²) in [5, 5.41) is 0.696. The van der Waals surface area contributed by atoms with Crippen molar-refractivity contribution in [2.24, 2.45) is 0 Å². The summed E-state index contributed by atoms with van der Waals surface area (Å²) in [5.41, 5.74) is 2.49. The van der Waals surface area contributed by atoms with Gasteiger partial charge in [0.1, 0.15) is 17.0 Å². The van der Waals surface area contributed by atoms with Crippen LogP contribution in [0.5, 0.6) is 5.75 Å². The normalized spacial score (nSPS) is 13.9. The predicted octanol–water partition coefficient (Wildman–Crippen LogP) is 4.14. The molecule has 0 atom stereocenters. The fourth-order valence-corrected chi connectivity index (χ4v) is 5.34. The molecule has 2 aromatic carbocycles.